The summed E-state index contributed by atoms with van der Waals surface area (Å²) in [6.07, 6.45) is 4.44. The van der Waals surface area contributed by atoms with Gasteiger partial charge >= 0.3 is 0 Å². The summed E-state index contributed by atoms with van der Waals surface area (Å²) in [4.78, 5) is 18.1. The number of Topliss-reactive ketones (excluding diaryl/α,β-unsaturated/α-hetero) is 1. The number of aromatic nitrogens is 2. The number of ketones is 1. The largest absolute Gasteiger partial charge is 0.492 e. The number of hydrogen-bond donors (Lipinski definition) is 2. The van der Waals surface area contributed by atoms with Crippen molar-refractivity contribution in [3.8, 4) is 5.75 Å². The van der Waals surface area contributed by atoms with Crippen molar-refractivity contribution in [3.63, 3.8) is 0 Å². The highest BCUT2D eigenvalue weighted by molar-refractivity contribution is 5.96. The number of aromatic amines is 2. The van der Waals surface area contributed by atoms with Crippen LogP contribution in [0, 0.1) is 13.8 Å². The number of nitrogens with one attached hydrogen (secondary N) is 2. The monoisotopic (exact) mass is 260 g/mol. The van der Waals surface area contributed by atoms with Crippen LogP contribution in [0.4, 0.5) is 0 Å². The molecule has 0 aliphatic carbocycles. The van der Waals surface area contributed by atoms with Gasteiger partial charge in [-0.15, -0.1) is 0 Å². The van der Waals surface area contributed by atoms with Gasteiger partial charge in [0.25, 0.3) is 0 Å². The van der Waals surface area contributed by atoms with Crippen LogP contribution in [0.1, 0.15) is 46.7 Å². The summed E-state index contributed by atoms with van der Waals surface area (Å²) < 4.78 is 5.53. The van der Waals surface area contributed by atoms with E-state index in [2.05, 4.69) is 9.97 Å². The number of aryl methyl sites for hydroxylation is 1. The molecular weight excluding hydrogens is 240 g/mol. The fourth-order valence-corrected chi connectivity index (χ4v) is 2.39. The summed E-state index contributed by atoms with van der Waals surface area (Å²) in [7, 11) is 0. The van der Waals surface area contributed by atoms with Gasteiger partial charge in [-0.05, 0) is 33.3 Å². The molecule has 0 saturated carbocycles. The molecule has 0 amide bonds. The molecule has 2 heterocycles. The summed E-state index contributed by atoms with van der Waals surface area (Å²) in [5.41, 5.74) is 4.93. The third kappa shape index (κ3) is 2.57. The van der Waals surface area contributed by atoms with Crippen LogP contribution in [0.25, 0.3) is 0 Å². The van der Waals surface area contributed by atoms with Crippen molar-refractivity contribution in [2.24, 2.45) is 0 Å². The average molecular weight is 260 g/mol. The molecule has 0 atom stereocenters. The molecule has 0 unspecified atom stereocenters. The second-order valence-electron chi connectivity index (χ2n) is 4.75. The topological polar surface area (TPSA) is 57.9 Å². The molecule has 2 N–H and O–H groups in total. The Hall–Kier alpha value is -1.97. The first-order chi connectivity index (χ1) is 9.04. The van der Waals surface area contributed by atoms with Crippen LogP contribution < -0.4 is 4.74 Å². The summed E-state index contributed by atoms with van der Waals surface area (Å²) in [5, 5.41) is 0. The minimum Gasteiger partial charge on any atom is -0.492 e. The zero-order valence-corrected chi connectivity index (χ0v) is 11.9. The summed E-state index contributed by atoms with van der Waals surface area (Å²) >= 11 is 0. The predicted molar refractivity (Wildman–Crippen MR) is 75.0 cm³/mol. The molecule has 19 heavy (non-hydrogen) atoms. The predicted octanol–water partition coefficient (Wildman–Crippen LogP) is 3.15. The molecule has 2 rings (SSSR count). The Bertz CT molecular complexity index is 593. The maximum atomic E-state index is 11.7. The fourth-order valence-electron chi connectivity index (χ4n) is 2.39. The van der Waals surface area contributed by atoms with Crippen molar-refractivity contribution < 1.29 is 9.53 Å². The van der Waals surface area contributed by atoms with Crippen LogP contribution in [-0.4, -0.2) is 22.4 Å². The van der Waals surface area contributed by atoms with Crippen molar-refractivity contribution in [2.45, 2.75) is 34.1 Å². The maximum absolute atomic E-state index is 11.7. The van der Waals surface area contributed by atoms with Gasteiger partial charge in [-0.2, -0.15) is 0 Å². The van der Waals surface area contributed by atoms with Gasteiger partial charge in [-0.3, -0.25) is 4.79 Å². The van der Waals surface area contributed by atoms with Crippen LogP contribution in [-0.2, 0) is 6.42 Å². The Morgan fingerprint density at radius 1 is 1.21 bits per heavy atom. The minimum atomic E-state index is 0.1000. The molecule has 2 aromatic heterocycles. The second-order valence-corrected chi connectivity index (χ2v) is 4.75. The lowest BCUT2D eigenvalue weighted by molar-refractivity contribution is 0.101. The van der Waals surface area contributed by atoms with E-state index in [4.69, 9.17) is 4.74 Å². The quantitative estimate of drug-likeness (QED) is 0.811. The highest BCUT2D eigenvalue weighted by Gasteiger charge is 2.15. The molecule has 0 radical (unpaired) electrons. The van der Waals surface area contributed by atoms with Gasteiger partial charge in [-0.1, -0.05) is 0 Å². The highest BCUT2D eigenvalue weighted by atomic mass is 16.5. The molecule has 0 aliphatic rings. The van der Waals surface area contributed by atoms with E-state index in [1.54, 1.807) is 6.92 Å². The van der Waals surface area contributed by atoms with Gasteiger partial charge in [0.1, 0.15) is 5.75 Å². The Morgan fingerprint density at radius 3 is 2.53 bits per heavy atom. The number of carbonyl (C=O) groups excluding carboxylic acids is 1. The number of rotatable bonds is 5. The van der Waals surface area contributed by atoms with Crippen molar-refractivity contribution in [1.29, 1.82) is 0 Å². The second kappa shape index (κ2) is 5.34. The Labute approximate surface area is 113 Å². The third-order valence-electron chi connectivity index (χ3n) is 3.36. The standard InChI is InChI=1S/C15H20N2O2/c1-5-19-14-8-17-12(10(14)3)6-13-15(11(4)18)9(2)7-16-13/h7-8,16-17H,5-6H2,1-4H3. The van der Waals surface area contributed by atoms with E-state index in [0.717, 1.165) is 33.8 Å². The lowest BCUT2D eigenvalue weighted by Gasteiger charge is -2.04. The van der Waals surface area contributed by atoms with Gasteiger partial charge in [-0.25, -0.2) is 0 Å². The van der Waals surface area contributed by atoms with Gasteiger partial charge < -0.3 is 14.7 Å². The minimum absolute atomic E-state index is 0.1000. The molecule has 0 aliphatic heterocycles. The van der Waals surface area contributed by atoms with E-state index < -0.39 is 0 Å². The van der Waals surface area contributed by atoms with Gasteiger partial charge in [0.05, 0.1) is 6.61 Å². The number of hydrogen-bond acceptors (Lipinski definition) is 2. The first-order valence-electron chi connectivity index (χ1n) is 6.52. The number of ether oxygens (including phenoxy) is 1. The molecule has 0 saturated heterocycles. The summed E-state index contributed by atoms with van der Waals surface area (Å²) in [5.74, 6) is 0.980. The van der Waals surface area contributed by atoms with Crippen LogP contribution in [0.2, 0.25) is 0 Å². The Kier molecular flexibility index (Phi) is 3.79. The smallest absolute Gasteiger partial charge is 0.161 e. The van der Waals surface area contributed by atoms with Gasteiger partial charge in [0.2, 0.25) is 0 Å². The van der Waals surface area contributed by atoms with E-state index in [0.29, 0.717) is 13.0 Å². The molecule has 4 nitrogen and oxygen atoms in total. The fraction of sp³-hybridized carbons (Fsp3) is 0.400. The molecular formula is C15H20N2O2. The number of carbonyl (C=O) groups is 1. The van der Waals surface area contributed by atoms with E-state index in [1.807, 2.05) is 33.2 Å². The van der Waals surface area contributed by atoms with E-state index in [-0.39, 0.29) is 5.78 Å². The first kappa shape index (κ1) is 13.5. The molecule has 4 heteroatoms. The van der Waals surface area contributed by atoms with Crippen LogP contribution in [0.5, 0.6) is 5.75 Å². The van der Waals surface area contributed by atoms with E-state index in [9.17, 15) is 4.79 Å². The average Bonchev–Trinajstić information content (AvgIpc) is 2.87. The Balaban J connectivity index is 2.29. The number of H-pyrrole nitrogens is 2. The molecule has 102 valence electrons. The van der Waals surface area contributed by atoms with Crippen molar-refractivity contribution >= 4 is 5.78 Å². The SMILES string of the molecule is CCOc1c[nH]c(Cc2[nH]cc(C)c2C(C)=O)c1C. The highest BCUT2D eigenvalue weighted by Crippen LogP contribution is 2.25. The maximum Gasteiger partial charge on any atom is 0.161 e. The molecule has 0 aromatic carbocycles. The normalized spacial score (nSPS) is 10.7. The lowest BCUT2D eigenvalue weighted by atomic mass is 10.0. The van der Waals surface area contributed by atoms with Gasteiger partial charge in [0.15, 0.2) is 5.78 Å². The van der Waals surface area contributed by atoms with E-state index >= 15 is 0 Å². The van der Waals surface area contributed by atoms with Crippen molar-refractivity contribution in [1.82, 2.24) is 9.97 Å². The molecule has 0 bridgehead atoms. The third-order valence-corrected chi connectivity index (χ3v) is 3.36. The summed E-state index contributed by atoms with van der Waals surface area (Å²) in [6, 6.07) is 0. The van der Waals surface area contributed by atoms with Crippen molar-refractivity contribution in [3.05, 3.63) is 40.5 Å². The molecule has 0 spiro atoms. The van der Waals surface area contributed by atoms with Crippen LogP contribution in [0.15, 0.2) is 12.4 Å². The Morgan fingerprint density at radius 2 is 1.89 bits per heavy atom. The summed E-state index contributed by atoms with van der Waals surface area (Å²) in [6.45, 7) is 8.20. The molecule has 0 fully saturated rings. The van der Waals surface area contributed by atoms with Crippen LogP contribution in [0.3, 0.4) is 0 Å². The van der Waals surface area contributed by atoms with Crippen LogP contribution >= 0.6 is 0 Å². The molecule has 2 aromatic rings. The van der Waals surface area contributed by atoms with Crippen molar-refractivity contribution in [2.75, 3.05) is 6.61 Å². The lowest BCUT2D eigenvalue weighted by Crippen LogP contribution is -2.01. The first-order valence-corrected chi connectivity index (χ1v) is 6.52. The zero-order chi connectivity index (χ0) is 14.0. The zero-order valence-electron chi connectivity index (χ0n) is 11.9. The van der Waals surface area contributed by atoms with E-state index in [1.165, 1.54) is 0 Å². The van der Waals surface area contributed by atoms with Gasteiger partial charge in [0, 0.05) is 41.3 Å².